The molecule has 15 heterocycles. The Morgan fingerprint density at radius 1 is 0.459 bits per heavy atom. The van der Waals surface area contributed by atoms with E-state index in [0.717, 1.165) is 29.2 Å². The van der Waals surface area contributed by atoms with Gasteiger partial charge in [0.2, 0.25) is 11.8 Å². The van der Waals surface area contributed by atoms with Gasteiger partial charge in [-0.25, -0.2) is 33.3 Å². The van der Waals surface area contributed by atoms with Gasteiger partial charge in [0.15, 0.2) is 35.3 Å². The number of pyridine rings is 5. The standard InChI is InChI=1S/C32H40ClN5O7SSi.C24H30Cl2N4O6Si.C18H25ClIN3O5Si.C14H22BNO3S/c1-41-31-21(11-12-23(34-31)19-7-9-20(10-8-19)37-46(2,3)40)27-22(33)15-24-30(36-27)38(18-42-13-14-47(4,5)6)32(35-24)45-26-17-44-28-25(39)16-43-29(26)28;1-32-23-13(5-6-18(26)28-23)19-14(25)9-15-22(29-19)30(12-33-7-8-37(2,3)4)24(27-15)36-17-11-35-20-16(31)10-34-21(17)20;1-29(2,3)5-4-25-9-23-17-11(6-10(19)16(20)22-17)21-18(23)28-13-8-27-14-12(24)7-26-15(13)14;1-13(2)14(3,4)19-15(18-13)11-7-9-12(10-8-11)16-20(5,6)17/h7-12,15,25-26,28-29,39H,13-14,16-18H2,1-6H3;5-6,9,16-17,20-21,31H,7-8,10-12H2,1-4H3;6,12-15,24H,4-5,7-9H2,1-3H3;7-10H,1-6H3/t25-,26-,28-,29-;16-,17-,20-,21-;12-,13-,14-,15-;/m111./s1. The first-order valence-electron chi connectivity index (χ1n) is 43.7. The molecule has 3 N–H and O–H groups in total. The number of imidazole rings is 3. The predicted octanol–water partition coefficient (Wildman–Crippen LogP) is 14.7. The Hall–Kier alpha value is -6.45. The summed E-state index contributed by atoms with van der Waals surface area (Å²) in [5.41, 5.74) is 8.66. The van der Waals surface area contributed by atoms with Crippen molar-refractivity contribution in [2.24, 2.45) is 8.73 Å². The number of aliphatic hydroxyl groups is 3. The number of ether oxygens (including phenoxy) is 14. The van der Waals surface area contributed by atoms with Gasteiger partial charge < -0.3 is 90.9 Å². The average molecular weight is 2120 g/mol. The molecule has 722 valence electrons. The number of aromatic nitrogens is 11. The van der Waals surface area contributed by atoms with E-state index in [1.807, 2.05) is 92.9 Å². The minimum absolute atomic E-state index is 0.164. The highest BCUT2D eigenvalue weighted by Gasteiger charge is 2.54. The molecule has 2 aromatic carbocycles. The number of hydrogen-bond acceptors (Lipinski definition) is 31. The molecule has 10 aromatic rings. The monoisotopic (exact) mass is 2120 g/mol. The zero-order chi connectivity index (χ0) is 95.8. The van der Waals surface area contributed by atoms with Gasteiger partial charge in [-0.05, 0) is 141 Å². The second-order valence-electron chi connectivity index (χ2n) is 38.6. The molecule has 8 aromatic heterocycles. The van der Waals surface area contributed by atoms with Crippen LogP contribution in [0.1, 0.15) is 27.7 Å². The molecule has 133 heavy (non-hydrogen) atoms. The van der Waals surface area contributed by atoms with Crippen LogP contribution in [0, 0.1) is 3.70 Å². The largest absolute Gasteiger partial charge is 0.494 e. The molecule has 7 aliphatic rings. The van der Waals surface area contributed by atoms with Crippen LogP contribution in [0.3, 0.4) is 0 Å². The van der Waals surface area contributed by atoms with Crippen molar-refractivity contribution in [3.63, 3.8) is 0 Å². The van der Waals surface area contributed by atoms with Crippen molar-refractivity contribution < 1.29 is 99.4 Å². The second-order valence-corrected chi connectivity index (χ2v) is 63.2. The zero-order valence-electron chi connectivity index (χ0n) is 78.0. The van der Waals surface area contributed by atoms with E-state index in [0.29, 0.717) is 153 Å². The fourth-order valence-electron chi connectivity index (χ4n) is 15.2. The first-order chi connectivity index (χ1) is 62.7. The van der Waals surface area contributed by atoms with E-state index in [-0.39, 0.29) is 96.0 Å². The summed E-state index contributed by atoms with van der Waals surface area (Å²) in [5, 5.41) is 31.8. The highest BCUT2D eigenvalue weighted by Crippen LogP contribution is 2.43. The molecule has 0 amide bonds. The van der Waals surface area contributed by atoms with Crippen LogP contribution in [-0.4, -0.2) is 292 Å². The SMILES string of the molecule is CC1(C)OB(c2ccc(N=S(C)(C)=O)cc2)OC1(C)C.COc1nc(-c2ccc(N=S(C)(C)=O)cc2)ccc1-c1nc2c(cc1Cl)nc(O[C@@H]1CO[C@H]3[C@@H]1OC[C@H]3O)n2COCC[Si](C)(C)C.COc1nc(Cl)ccc1-c1nc2c(cc1Cl)nc(O[C@@H]1CO[C@H]3[C@@H]1OC[C@H]3O)n2COCC[Si](C)(C)C.C[Si](C)(C)CCOCn1c(O[C@@H]2CO[C@H]3[C@@H]2OC[C@H]3O)nc2cc(Cl)c(I)nc21. The molecule has 12 atom stereocenters. The first kappa shape index (κ1) is 102. The fourth-order valence-corrected chi connectivity index (χ4v) is 19.9. The smallest absolute Gasteiger partial charge is 0.480 e. The number of halogens is 5. The quantitative estimate of drug-likeness (QED) is 0.0170. The lowest BCUT2D eigenvalue weighted by Crippen LogP contribution is -2.41. The summed E-state index contributed by atoms with van der Waals surface area (Å²) in [4.78, 5) is 37.4. The van der Waals surface area contributed by atoms with Gasteiger partial charge in [-0.1, -0.05) is 130 Å². The molecule has 0 bridgehead atoms. The molecule has 17 rings (SSSR count). The van der Waals surface area contributed by atoms with Crippen molar-refractivity contribution in [1.29, 1.82) is 0 Å². The Morgan fingerprint density at radius 3 is 1.17 bits per heavy atom. The third-order valence-electron chi connectivity index (χ3n) is 23.1. The van der Waals surface area contributed by atoms with Crippen molar-refractivity contribution in [2.75, 3.05) is 98.7 Å². The minimum Gasteiger partial charge on any atom is -0.480 e. The summed E-state index contributed by atoms with van der Waals surface area (Å²) in [6.07, 6.45) is 0.872. The molecule has 7 fully saturated rings. The van der Waals surface area contributed by atoms with Gasteiger partial charge in [-0.15, -0.1) is 0 Å². The maximum absolute atomic E-state index is 12.1. The Morgan fingerprint density at radius 2 is 0.805 bits per heavy atom. The lowest BCUT2D eigenvalue weighted by atomic mass is 9.79. The Kier molecular flexibility index (Phi) is 32.6. The van der Waals surface area contributed by atoms with Gasteiger partial charge in [-0.2, -0.15) is 23.7 Å². The van der Waals surface area contributed by atoms with Gasteiger partial charge in [-0.3, -0.25) is 13.7 Å². The van der Waals surface area contributed by atoms with Crippen LogP contribution in [0.4, 0.5) is 11.4 Å². The van der Waals surface area contributed by atoms with Gasteiger partial charge >= 0.3 is 25.1 Å². The molecule has 0 saturated carbocycles. The molecule has 0 radical (unpaired) electrons. The molecule has 0 unspecified atom stereocenters. The van der Waals surface area contributed by atoms with E-state index in [2.05, 4.69) is 110 Å². The third-order valence-corrected chi connectivity index (χ3v) is 31.7. The van der Waals surface area contributed by atoms with Gasteiger partial charge in [0.05, 0.1) is 120 Å². The van der Waals surface area contributed by atoms with Crippen LogP contribution < -0.4 is 29.1 Å². The number of methoxy groups -OCH3 is 2. The van der Waals surface area contributed by atoms with E-state index in [9.17, 15) is 23.7 Å². The maximum Gasteiger partial charge on any atom is 0.494 e. The van der Waals surface area contributed by atoms with E-state index < -0.39 is 92.5 Å². The fraction of sp³-hybridized carbons (Fsp3) is 0.545. The number of benzene rings is 2. The van der Waals surface area contributed by atoms with Gasteiger partial charge in [0.1, 0.15) is 101 Å². The molecule has 0 aliphatic carbocycles. The minimum atomic E-state index is -2.27. The summed E-state index contributed by atoms with van der Waals surface area (Å²) in [6.45, 7) is 32.9. The molecule has 45 heteroatoms. The number of nitrogens with zero attached hydrogens (tertiary/aromatic N) is 13. The predicted molar refractivity (Wildman–Crippen MR) is 529 cm³/mol. The average Bonchev–Trinajstić information content (AvgIpc) is 1.64. The van der Waals surface area contributed by atoms with Gasteiger partial charge in [0.25, 0.3) is 0 Å². The summed E-state index contributed by atoms with van der Waals surface area (Å²) in [6, 6.07) is 31.3. The van der Waals surface area contributed by atoms with Crippen LogP contribution in [0.2, 0.25) is 97.3 Å². The Balaban J connectivity index is 0.000000148. The van der Waals surface area contributed by atoms with Crippen LogP contribution in [0.15, 0.2) is 99.7 Å². The lowest BCUT2D eigenvalue weighted by Gasteiger charge is -2.32. The van der Waals surface area contributed by atoms with Crippen LogP contribution >= 0.6 is 69.0 Å². The van der Waals surface area contributed by atoms with Crippen molar-refractivity contribution in [3.8, 4) is 63.6 Å². The molecule has 34 nitrogen and oxygen atoms in total. The zero-order valence-corrected chi connectivity index (χ0v) is 87.8. The number of aliphatic hydroxyl groups excluding tert-OH is 3. The molecular weight excluding hydrogens is 2000 g/mol. The van der Waals surface area contributed by atoms with Crippen LogP contribution in [-0.2, 0) is 91.6 Å². The number of rotatable bonds is 29. The topological polar surface area (TPSA) is 385 Å². The second kappa shape index (κ2) is 42.3. The maximum atomic E-state index is 12.1. The van der Waals surface area contributed by atoms with E-state index >= 15 is 0 Å². The molecular formula is C88H117BCl4IN13O21S2Si3. The van der Waals surface area contributed by atoms with Crippen molar-refractivity contribution in [2.45, 2.75) is 209 Å². The molecule has 0 spiro atoms. The summed E-state index contributed by atoms with van der Waals surface area (Å²) < 4.78 is 133. The molecule has 7 saturated heterocycles. The highest BCUT2D eigenvalue weighted by atomic mass is 127. The Labute approximate surface area is 812 Å². The number of fused-ring (bicyclic) bond motifs is 6. The summed E-state index contributed by atoms with van der Waals surface area (Å²) in [7, 11) is -5.50. The summed E-state index contributed by atoms with van der Waals surface area (Å²) in [5.74, 6) is 0.649. The van der Waals surface area contributed by atoms with Crippen molar-refractivity contribution in [3.05, 3.63) is 115 Å². The van der Waals surface area contributed by atoms with E-state index in [1.165, 1.54) is 7.11 Å². The number of hydrogen-bond donors (Lipinski definition) is 3. The van der Waals surface area contributed by atoms with Crippen LogP contribution in [0.25, 0.3) is 67.3 Å². The van der Waals surface area contributed by atoms with Crippen LogP contribution in [0.5, 0.6) is 29.8 Å². The van der Waals surface area contributed by atoms with Gasteiger partial charge in [0, 0.05) is 94.1 Å². The van der Waals surface area contributed by atoms with Crippen molar-refractivity contribution >= 4 is 170 Å². The highest BCUT2D eigenvalue weighted by molar-refractivity contribution is 14.1. The normalized spacial score (nSPS) is 23.1. The Bertz CT molecular complexity index is 6050. The summed E-state index contributed by atoms with van der Waals surface area (Å²) >= 11 is 27.9. The molecule has 7 aliphatic heterocycles. The first-order valence-corrected chi connectivity index (χ1v) is 62.0. The lowest BCUT2D eigenvalue weighted by molar-refractivity contribution is 0.00332. The van der Waals surface area contributed by atoms with E-state index in [1.54, 1.807) is 71.6 Å². The van der Waals surface area contributed by atoms with Crippen molar-refractivity contribution in [1.82, 2.24) is 53.6 Å². The van der Waals surface area contributed by atoms with E-state index in [4.69, 9.17) is 142 Å². The third kappa shape index (κ3) is 25.4.